The third-order valence-corrected chi connectivity index (χ3v) is 5.05. The van der Waals surface area contributed by atoms with E-state index >= 15 is 0 Å². The second kappa shape index (κ2) is 5.68. The highest BCUT2D eigenvalue weighted by molar-refractivity contribution is 7.89. The first-order chi connectivity index (χ1) is 9.04. The molecule has 5 nitrogen and oxygen atoms in total. The minimum Gasteiger partial charge on any atom is -0.372 e. The second-order valence-corrected chi connectivity index (χ2v) is 6.48. The predicted octanol–water partition coefficient (Wildman–Crippen LogP) is 1.97. The number of hydrogen-bond donors (Lipinski definition) is 2. The molecule has 0 aromatic carbocycles. The third kappa shape index (κ3) is 3.12. The van der Waals surface area contributed by atoms with Gasteiger partial charge in [-0.3, -0.25) is 0 Å². The molecule has 2 N–H and O–H groups in total. The zero-order valence-electron chi connectivity index (χ0n) is 10.7. The first-order valence-electron chi connectivity index (χ1n) is 5.68. The minimum absolute atomic E-state index is 0.158. The van der Waals surface area contributed by atoms with Gasteiger partial charge in [-0.05, 0) is 40.9 Å². The average Bonchev–Trinajstić information content (AvgIpc) is 2.82. The summed E-state index contributed by atoms with van der Waals surface area (Å²) in [5.74, 6) is 0.344. The van der Waals surface area contributed by atoms with Crippen molar-refractivity contribution in [2.24, 2.45) is 0 Å². The lowest BCUT2D eigenvalue weighted by atomic mass is 10.2. The number of aryl methyl sites for hydroxylation is 1. The van der Waals surface area contributed by atoms with Crippen molar-refractivity contribution in [1.82, 2.24) is 9.71 Å². The van der Waals surface area contributed by atoms with Gasteiger partial charge in [-0.1, -0.05) is 0 Å². The first-order valence-corrected chi connectivity index (χ1v) is 8.11. The van der Waals surface area contributed by atoms with E-state index < -0.39 is 10.0 Å². The van der Waals surface area contributed by atoms with Crippen LogP contribution >= 0.6 is 11.3 Å². The van der Waals surface area contributed by atoms with Crippen molar-refractivity contribution >= 4 is 27.2 Å². The predicted molar refractivity (Wildman–Crippen MR) is 76.9 cm³/mol. The van der Waals surface area contributed by atoms with Crippen LogP contribution in [-0.2, 0) is 16.6 Å². The normalized spacial score (nSPS) is 11.5. The molecule has 0 fully saturated rings. The highest BCUT2D eigenvalue weighted by Crippen LogP contribution is 2.19. The van der Waals surface area contributed by atoms with E-state index in [9.17, 15) is 8.42 Å². The fourth-order valence-electron chi connectivity index (χ4n) is 1.61. The molecule has 2 heterocycles. The topological polar surface area (TPSA) is 71.1 Å². The largest absolute Gasteiger partial charge is 0.372 e. The van der Waals surface area contributed by atoms with Crippen LogP contribution < -0.4 is 10.0 Å². The van der Waals surface area contributed by atoms with Gasteiger partial charge < -0.3 is 5.32 Å². The Morgan fingerprint density at radius 2 is 2.16 bits per heavy atom. The molecular formula is C12H15N3O2S2. The molecule has 19 heavy (non-hydrogen) atoms. The zero-order chi connectivity index (χ0) is 13.9. The molecule has 2 aromatic rings. The molecular weight excluding hydrogens is 282 g/mol. The SMILES string of the molecule is CNc1ncccc1S(=O)(=O)NCc1cscc1C. The van der Waals surface area contributed by atoms with Crippen molar-refractivity contribution in [2.75, 3.05) is 12.4 Å². The molecule has 0 aliphatic carbocycles. The summed E-state index contributed by atoms with van der Waals surface area (Å²) in [6.07, 6.45) is 1.55. The van der Waals surface area contributed by atoms with E-state index in [1.165, 1.54) is 6.07 Å². The maximum absolute atomic E-state index is 12.2. The van der Waals surface area contributed by atoms with Gasteiger partial charge in [-0.2, -0.15) is 11.3 Å². The van der Waals surface area contributed by atoms with Crippen molar-refractivity contribution in [3.63, 3.8) is 0 Å². The summed E-state index contributed by atoms with van der Waals surface area (Å²) < 4.78 is 27.1. The number of pyridine rings is 1. The van der Waals surface area contributed by atoms with Crippen LogP contribution in [0, 0.1) is 6.92 Å². The monoisotopic (exact) mass is 297 g/mol. The summed E-state index contributed by atoms with van der Waals surface area (Å²) in [6, 6.07) is 3.13. The van der Waals surface area contributed by atoms with Gasteiger partial charge in [0.05, 0.1) is 0 Å². The Morgan fingerprint density at radius 1 is 1.37 bits per heavy atom. The van der Waals surface area contributed by atoms with Crippen molar-refractivity contribution in [1.29, 1.82) is 0 Å². The Balaban J connectivity index is 2.21. The summed E-state index contributed by atoms with van der Waals surface area (Å²) in [5.41, 5.74) is 2.08. The first kappa shape index (κ1) is 14.0. The van der Waals surface area contributed by atoms with E-state index in [-0.39, 0.29) is 11.4 Å². The van der Waals surface area contributed by atoms with Crippen LogP contribution in [0.25, 0.3) is 0 Å². The average molecular weight is 297 g/mol. The third-order valence-electron chi connectivity index (χ3n) is 2.71. The lowest BCUT2D eigenvalue weighted by molar-refractivity contribution is 0.581. The van der Waals surface area contributed by atoms with Gasteiger partial charge in [0.1, 0.15) is 10.7 Å². The van der Waals surface area contributed by atoms with Crippen LogP contribution in [0.5, 0.6) is 0 Å². The highest BCUT2D eigenvalue weighted by Gasteiger charge is 2.18. The molecule has 0 saturated carbocycles. The molecule has 2 aromatic heterocycles. The van der Waals surface area contributed by atoms with E-state index in [4.69, 9.17) is 0 Å². The van der Waals surface area contributed by atoms with Gasteiger partial charge in [0.2, 0.25) is 10.0 Å². The molecule has 0 aliphatic rings. The molecule has 0 bridgehead atoms. The van der Waals surface area contributed by atoms with Crippen LogP contribution in [0.4, 0.5) is 5.82 Å². The minimum atomic E-state index is -3.57. The van der Waals surface area contributed by atoms with E-state index in [2.05, 4.69) is 15.0 Å². The van der Waals surface area contributed by atoms with Crippen molar-refractivity contribution in [2.45, 2.75) is 18.4 Å². The summed E-state index contributed by atoms with van der Waals surface area (Å²) in [6.45, 7) is 2.25. The van der Waals surface area contributed by atoms with Crippen molar-refractivity contribution < 1.29 is 8.42 Å². The quantitative estimate of drug-likeness (QED) is 0.885. The van der Waals surface area contributed by atoms with Gasteiger partial charge in [0.25, 0.3) is 0 Å². The van der Waals surface area contributed by atoms with Gasteiger partial charge in [-0.25, -0.2) is 18.1 Å². The summed E-state index contributed by atoms with van der Waals surface area (Å²) in [7, 11) is -1.92. The summed E-state index contributed by atoms with van der Waals surface area (Å²) in [4.78, 5) is 4.16. The number of hydrogen-bond acceptors (Lipinski definition) is 5. The second-order valence-electron chi connectivity index (χ2n) is 4.00. The van der Waals surface area contributed by atoms with Crippen LogP contribution in [0.15, 0.2) is 34.0 Å². The fourth-order valence-corrected chi connectivity index (χ4v) is 3.64. The van der Waals surface area contributed by atoms with E-state index in [1.807, 2.05) is 17.7 Å². The lowest BCUT2D eigenvalue weighted by Gasteiger charge is -2.10. The van der Waals surface area contributed by atoms with Crippen molar-refractivity contribution in [3.8, 4) is 0 Å². The molecule has 0 saturated heterocycles. The number of sulfonamides is 1. The molecule has 7 heteroatoms. The van der Waals surface area contributed by atoms with E-state index in [0.717, 1.165) is 11.1 Å². The Morgan fingerprint density at radius 3 is 2.79 bits per heavy atom. The number of nitrogens with one attached hydrogen (secondary N) is 2. The summed E-state index contributed by atoms with van der Waals surface area (Å²) in [5, 5.41) is 6.72. The zero-order valence-corrected chi connectivity index (χ0v) is 12.3. The van der Waals surface area contributed by atoms with Crippen LogP contribution in [-0.4, -0.2) is 20.4 Å². The summed E-state index contributed by atoms with van der Waals surface area (Å²) >= 11 is 1.56. The fraction of sp³-hybridized carbons (Fsp3) is 0.250. The van der Waals surface area contributed by atoms with Crippen LogP contribution in [0.2, 0.25) is 0 Å². The number of thiophene rings is 1. The maximum Gasteiger partial charge on any atom is 0.244 e. The smallest absolute Gasteiger partial charge is 0.244 e. The molecule has 0 amide bonds. The van der Waals surface area contributed by atoms with E-state index in [1.54, 1.807) is 30.6 Å². The van der Waals surface area contributed by atoms with Gasteiger partial charge in [0.15, 0.2) is 0 Å². The molecule has 0 atom stereocenters. The molecule has 0 radical (unpaired) electrons. The Bertz CT molecular complexity index is 665. The van der Waals surface area contributed by atoms with E-state index in [0.29, 0.717) is 5.82 Å². The molecule has 0 unspecified atom stereocenters. The molecule has 102 valence electrons. The Hall–Kier alpha value is -1.44. The Labute approximate surface area is 116 Å². The van der Waals surface area contributed by atoms with Gasteiger partial charge >= 0.3 is 0 Å². The number of nitrogens with zero attached hydrogens (tertiary/aromatic N) is 1. The van der Waals surface area contributed by atoms with Gasteiger partial charge in [0, 0.05) is 19.8 Å². The van der Waals surface area contributed by atoms with Crippen molar-refractivity contribution in [3.05, 3.63) is 40.2 Å². The molecule has 0 aliphatic heterocycles. The number of anilines is 1. The van der Waals surface area contributed by atoms with Gasteiger partial charge in [-0.15, -0.1) is 0 Å². The maximum atomic E-state index is 12.2. The molecule has 0 spiro atoms. The standard InChI is InChI=1S/C12H15N3O2S2/c1-9-7-18-8-10(9)6-15-19(16,17)11-4-3-5-14-12(11)13-2/h3-5,7-8,15H,6H2,1-2H3,(H,13,14). The lowest BCUT2D eigenvalue weighted by Crippen LogP contribution is -2.24. The highest BCUT2D eigenvalue weighted by atomic mass is 32.2. The number of rotatable bonds is 5. The van der Waals surface area contributed by atoms with Crippen LogP contribution in [0.1, 0.15) is 11.1 Å². The van der Waals surface area contributed by atoms with Crippen LogP contribution in [0.3, 0.4) is 0 Å². The molecule has 2 rings (SSSR count). The Kier molecular flexibility index (Phi) is 4.18. The number of aromatic nitrogens is 1.